The Hall–Kier alpha value is -1.42. The van der Waals surface area contributed by atoms with E-state index in [-0.39, 0.29) is 6.03 Å². The smallest absolute Gasteiger partial charge is 0.321 e. The van der Waals surface area contributed by atoms with E-state index in [1.807, 2.05) is 4.90 Å². The number of anilines is 1. The van der Waals surface area contributed by atoms with Crippen LogP contribution in [0.1, 0.15) is 19.8 Å². The molecular formula is C14H19ClN2O2. The van der Waals surface area contributed by atoms with Crippen molar-refractivity contribution in [3.63, 3.8) is 0 Å². The van der Waals surface area contributed by atoms with E-state index >= 15 is 0 Å². The third kappa shape index (κ3) is 3.53. The highest BCUT2D eigenvalue weighted by atomic mass is 35.5. The summed E-state index contributed by atoms with van der Waals surface area (Å²) in [6.07, 6.45) is 2.26. The second kappa shape index (κ2) is 6.15. The van der Waals surface area contributed by atoms with Crippen LogP contribution < -0.4 is 10.1 Å². The predicted molar refractivity (Wildman–Crippen MR) is 77.0 cm³/mol. The zero-order chi connectivity index (χ0) is 13.8. The van der Waals surface area contributed by atoms with Crippen LogP contribution in [0.5, 0.6) is 5.75 Å². The number of rotatable bonds is 2. The molecule has 1 saturated heterocycles. The minimum absolute atomic E-state index is 0.0622. The van der Waals surface area contributed by atoms with Crippen molar-refractivity contribution in [2.45, 2.75) is 19.8 Å². The first-order valence-corrected chi connectivity index (χ1v) is 6.87. The molecule has 104 valence electrons. The van der Waals surface area contributed by atoms with Gasteiger partial charge in [-0.1, -0.05) is 18.5 Å². The molecule has 0 aromatic heterocycles. The van der Waals surface area contributed by atoms with E-state index in [9.17, 15) is 4.79 Å². The van der Waals surface area contributed by atoms with Crippen LogP contribution in [0.2, 0.25) is 5.02 Å². The van der Waals surface area contributed by atoms with Gasteiger partial charge in [-0.2, -0.15) is 0 Å². The Bertz CT molecular complexity index is 465. The maximum absolute atomic E-state index is 12.1. The third-order valence-electron chi connectivity index (χ3n) is 3.35. The molecule has 1 fully saturated rings. The summed E-state index contributed by atoms with van der Waals surface area (Å²) in [4.78, 5) is 14.0. The molecule has 5 heteroatoms. The highest BCUT2D eigenvalue weighted by Crippen LogP contribution is 2.27. The maximum Gasteiger partial charge on any atom is 0.321 e. The van der Waals surface area contributed by atoms with Crippen molar-refractivity contribution >= 4 is 23.3 Å². The van der Waals surface area contributed by atoms with Crippen LogP contribution >= 0.6 is 11.6 Å². The summed E-state index contributed by atoms with van der Waals surface area (Å²) in [6, 6.07) is 5.17. The summed E-state index contributed by atoms with van der Waals surface area (Å²) in [6.45, 7) is 3.81. The van der Waals surface area contributed by atoms with E-state index in [0.29, 0.717) is 22.4 Å². The van der Waals surface area contributed by atoms with Crippen LogP contribution in [0.25, 0.3) is 0 Å². The number of hydrogen-bond acceptors (Lipinski definition) is 2. The number of benzene rings is 1. The average Bonchev–Trinajstić information content (AvgIpc) is 2.39. The minimum atomic E-state index is -0.0622. The molecule has 1 atom stereocenters. The molecule has 4 nitrogen and oxygen atoms in total. The van der Waals surface area contributed by atoms with Crippen LogP contribution in [0, 0.1) is 5.92 Å². The minimum Gasteiger partial charge on any atom is -0.495 e. The molecule has 19 heavy (non-hydrogen) atoms. The van der Waals surface area contributed by atoms with Gasteiger partial charge in [-0.25, -0.2) is 4.79 Å². The molecule has 1 aromatic rings. The SMILES string of the molecule is COc1ccc(NC(=O)N2CCC[C@H](C)C2)cc1Cl. The first-order chi connectivity index (χ1) is 9.10. The molecule has 0 radical (unpaired) electrons. The van der Waals surface area contributed by atoms with Gasteiger partial charge in [-0.3, -0.25) is 0 Å². The molecule has 0 spiro atoms. The lowest BCUT2D eigenvalue weighted by atomic mass is 10.0. The van der Waals surface area contributed by atoms with Crippen molar-refractivity contribution in [3.8, 4) is 5.75 Å². The molecular weight excluding hydrogens is 264 g/mol. The highest BCUT2D eigenvalue weighted by Gasteiger charge is 2.20. The molecule has 1 heterocycles. The predicted octanol–water partition coefficient (Wildman–Crippen LogP) is 3.61. The molecule has 1 aliphatic rings. The van der Waals surface area contributed by atoms with Gasteiger partial charge in [0.1, 0.15) is 5.75 Å². The van der Waals surface area contributed by atoms with Crippen molar-refractivity contribution < 1.29 is 9.53 Å². The zero-order valence-electron chi connectivity index (χ0n) is 11.3. The van der Waals surface area contributed by atoms with Crippen molar-refractivity contribution in [1.82, 2.24) is 4.90 Å². The van der Waals surface area contributed by atoms with Gasteiger partial charge in [-0.15, -0.1) is 0 Å². The molecule has 2 rings (SSSR count). The lowest BCUT2D eigenvalue weighted by Crippen LogP contribution is -2.41. The lowest BCUT2D eigenvalue weighted by molar-refractivity contribution is 0.182. The Balaban J connectivity index is 2.00. The van der Waals surface area contributed by atoms with Gasteiger partial charge in [0.15, 0.2) is 0 Å². The van der Waals surface area contributed by atoms with E-state index < -0.39 is 0 Å². The first kappa shape index (κ1) is 14.0. The fraction of sp³-hybridized carbons (Fsp3) is 0.500. The van der Waals surface area contributed by atoms with Crippen molar-refractivity contribution in [2.24, 2.45) is 5.92 Å². The Morgan fingerprint density at radius 2 is 2.32 bits per heavy atom. The Morgan fingerprint density at radius 3 is 2.95 bits per heavy atom. The summed E-state index contributed by atoms with van der Waals surface area (Å²) in [5.41, 5.74) is 0.689. The summed E-state index contributed by atoms with van der Waals surface area (Å²) in [5, 5.41) is 3.36. The zero-order valence-corrected chi connectivity index (χ0v) is 12.0. The lowest BCUT2D eigenvalue weighted by Gasteiger charge is -2.30. The van der Waals surface area contributed by atoms with Gasteiger partial charge in [0.25, 0.3) is 0 Å². The Kier molecular flexibility index (Phi) is 4.53. The number of urea groups is 1. The van der Waals surface area contributed by atoms with Crippen LogP contribution in [0.4, 0.5) is 10.5 Å². The van der Waals surface area contributed by atoms with Crippen LogP contribution in [0.3, 0.4) is 0 Å². The molecule has 0 unspecified atom stereocenters. The number of methoxy groups -OCH3 is 1. The van der Waals surface area contributed by atoms with Crippen LogP contribution in [-0.4, -0.2) is 31.1 Å². The third-order valence-corrected chi connectivity index (χ3v) is 3.64. The number of amides is 2. The number of ether oxygens (including phenoxy) is 1. The molecule has 0 saturated carbocycles. The number of halogens is 1. The van der Waals surface area contributed by atoms with Crippen LogP contribution in [0.15, 0.2) is 18.2 Å². The van der Waals surface area contributed by atoms with E-state index in [1.54, 1.807) is 25.3 Å². The number of carbonyl (C=O) groups excluding carboxylic acids is 1. The normalized spacial score (nSPS) is 19.1. The number of likely N-dealkylation sites (tertiary alicyclic amines) is 1. The second-order valence-electron chi connectivity index (χ2n) is 4.97. The molecule has 1 N–H and O–H groups in total. The number of nitrogens with zero attached hydrogens (tertiary/aromatic N) is 1. The van der Waals surface area contributed by atoms with Gasteiger partial charge in [0.2, 0.25) is 0 Å². The summed E-state index contributed by atoms with van der Waals surface area (Å²) >= 11 is 6.03. The van der Waals surface area contributed by atoms with Crippen molar-refractivity contribution in [1.29, 1.82) is 0 Å². The van der Waals surface area contributed by atoms with E-state index in [4.69, 9.17) is 16.3 Å². The quantitative estimate of drug-likeness (QED) is 0.900. The molecule has 2 amide bonds. The van der Waals surface area contributed by atoms with Crippen molar-refractivity contribution in [3.05, 3.63) is 23.2 Å². The maximum atomic E-state index is 12.1. The fourth-order valence-corrected chi connectivity index (χ4v) is 2.58. The van der Waals surface area contributed by atoms with E-state index in [0.717, 1.165) is 19.5 Å². The summed E-state index contributed by atoms with van der Waals surface area (Å²) in [5.74, 6) is 1.17. The molecule has 0 bridgehead atoms. The molecule has 1 aromatic carbocycles. The Labute approximate surface area is 118 Å². The largest absolute Gasteiger partial charge is 0.495 e. The average molecular weight is 283 g/mol. The highest BCUT2D eigenvalue weighted by molar-refractivity contribution is 6.32. The second-order valence-corrected chi connectivity index (χ2v) is 5.38. The van der Waals surface area contributed by atoms with Gasteiger partial charge in [0, 0.05) is 18.8 Å². The number of hydrogen-bond donors (Lipinski definition) is 1. The molecule has 0 aliphatic carbocycles. The fourth-order valence-electron chi connectivity index (χ4n) is 2.32. The van der Waals surface area contributed by atoms with Gasteiger partial charge < -0.3 is 15.0 Å². The van der Waals surface area contributed by atoms with Gasteiger partial charge >= 0.3 is 6.03 Å². The van der Waals surface area contributed by atoms with Crippen molar-refractivity contribution in [2.75, 3.05) is 25.5 Å². The van der Waals surface area contributed by atoms with E-state index in [1.165, 1.54) is 6.42 Å². The van der Waals surface area contributed by atoms with Crippen LogP contribution in [-0.2, 0) is 0 Å². The standard InChI is InChI=1S/C14H19ClN2O2/c1-10-4-3-7-17(9-10)14(18)16-11-5-6-13(19-2)12(15)8-11/h5-6,8,10H,3-4,7,9H2,1-2H3,(H,16,18)/t10-/m0/s1. The number of nitrogens with one attached hydrogen (secondary N) is 1. The monoisotopic (exact) mass is 282 g/mol. The van der Waals surface area contributed by atoms with Gasteiger partial charge in [-0.05, 0) is 37.0 Å². The number of carbonyl (C=O) groups is 1. The summed E-state index contributed by atoms with van der Waals surface area (Å²) in [7, 11) is 1.56. The first-order valence-electron chi connectivity index (χ1n) is 6.49. The molecule has 1 aliphatic heterocycles. The Morgan fingerprint density at radius 1 is 1.53 bits per heavy atom. The van der Waals surface area contributed by atoms with Gasteiger partial charge in [0.05, 0.1) is 12.1 Å². The number of piperidine rings is 1. The summed E-state index contributed by atoms with van der Waals surface area (Å²) < 4.78 is 5.08. The van der Waals surface area contributed by atoms with E-state index in [2.05, 4.69) is 12.2 Å². The topological polar surface area (TPSA) is 41.6 Å².